The summed E-state index contributed by atoms with van der Waals surface area (Å²) in [5.41, 5.74) is 2.90. The quantitative estimate of drug-likeness (QED) is 0.782. The summed E-state index contributed by atoms with van der Waals surface area (Å²) in [6, 6.07) is 0.272. The second-order valence-corrected chi connectivity index (χ2v) is 5.87. The number of aromatic nitrogens is 2. The lowest BCUT2D eigenvalue weighted by Crippen LogP contribution is -2.37. The van der Waals surface area contributed by atoms with Crippen molar-refractivity contribution in [3.63, 3.8) is 0 Å². The predicted octanol–water partition coefficient (Wildman–Crippen LogP) is 1.73. The van der Waals surface area contributed by atoms with Gasteiger partial charge in [-0.2, -0.15) is 5.10 Å². The number of amides is 1. The number of aromatic amines is 1. The molecule has 1 aromatic rings. The average Bonchev–Trinajstić information content (AvgIpc) is 3.13. The molecule has 1 aliphatic carbocycles. The molecule has 0 radical (unpaired) electrons. The van der Waals surface area contributed by atoms with E-state index >= 15 is 0 Å². The summed E-state index contributed by atoms with van der Waals surface area (Å²) >= 11 is 0. The minimum absolute atomic E-state index is 0.00921. The van der Waals surface area contributed by atoms with Gasteiger partial charge in [-0.3, -0.25) is 14.7 Å². The minimum Gasteiger partial charge on any atom is -0.453 e. The number of hydrogen-bond donors (Lipinski definition) is 2. The van der Waals surface area contributed by atoms with Crippen LogP contribution in [0.25, 0.3) is 0 Å². The van der Waals surface area contributed by atoms with Crippen molar-refractivity contribution in [1.82, 2.24) is 15.5 Å². The van der Waals surface area contributed by atoms with Crippen molar-refractivity contribution in [3.05, 3.63) is 17.0 Å². The van der Waals surface area contributed by atoms with Crippen molar-refractivity contribution in [2.24, 2.45) is 0 Å². The molecule has 6 heteroatoms. The Hall–Kier alpha value is -1.85. The molecule has 1 aliphatic rings. The third-order valence-corrected chi connectivity index (χ3v) is 3.75. The molecule has 1 fully saturated rings. The van der Waals surface area contributed by atoms with Crippen molar-refractivity contribution in [2.45, 2.75) is 65.0 Å². The normalized spacial score (nSPS) is 17.1. The van der Waals surface area contributed by atoms with Gasteiger partial charge >= 0.3 is 5.97 Å². The second kappa shape index (κ2) is 6.28. The van der Waals surface area contributed by atoms with Crippen LogP contribution >= 0.6 is 0 Å². The van der Waals surface area contributed by atoms with Crippen LogP contribution in [-0.4, -0.2) is 34.2 Å². The monoisotopic (exact) mass is 293 g/mol. The van der Waals surface area contributed by atoms with Gasteiger partial charge in [0, 0.05) is 11.7 Å². The third kappa shape index (κ3) is 4.06. The molecule has 1 saturated carbocycles. The number of carbonyl (C=O) groups excluding carboxylic acids is 2. The predicted molar refractivity (Wildman–Crippen MR) is 77.8 cm³/mol. The molecule has 0 saturated heterocycles. The summed E-state index contributed by atoms with van der Waals surface area (Å²) in [5, 5.41) is 9.87. The smallest absolute Gasteiger partial charge is 0.307 e. The minimum atomic E-state index is -0.739. The van der Waals surface area contributed by atoms with E-state index in [1.54, 1.807) is 6.92 Å². The van der Waals surface area contributed by atoms with Gasteiger partial charge in [-0.15, -0.1) is 0 Å². The van der Waals surface area contributed by atoms with Gasteiger partial charge in [0.05, 0.1) is 12.1 Å². The van der Waals surface area contributed by atoms with E-state index < -0.39 is 6.10 Å². The number of aryl methyl sites for hydroxylation is 2. The summed E-state index contributed by atoms with van der Waals surface area (Å²) in [4.78, 5) is 23.7. The second-order valence-electron chi connectivity index (χ2n) is 5.87. The molecule has 0 bridgehead atoms. The van der Waals surface area contributed by atoms with E-state index in [1.807, 2.05) is 20.8 Å². The lowest BCUT2D eigenvalue weighted by Gasteiger charge is -2.16. The summed E-state index contributed by atoms with van der Waals surface area (Å²) in [6.07, 6.45) is 1.53. The number of ether oxygens (including phenoxy) is 1. The Morgan fingerprint density at radius 2 is 2.05 bits per heavy atom. The molecule has 0 spiro atoms. The molecule has 2 N–H and O–H groups in total. The highest BCUT2D eigenvalue weighted by Gasteiger charge is 2.27. The Bertz CT molecular complexity index is 515. The fourth-order valence-electron chi connectivity index (χ4n) is 2.48. The average molecular weight is 293 g/mol. The summed E-state index contributed by atoms with van der Waals surface area (Å²) in [7, 11) is 0. The van der Waals surface area contributed by atoms with E-state index in [0.29, 0.717) is 0 Å². The fourth-order valence-corrected chi connectivity index (χ4v) is 2.48. The van der Waals surface area contributed by atoms with Crippen LogP contribution in [0.2, 0.25) is 0 Å². The van der Waals surface area contributed by atoms with Crippen molar-refractivity contribution in [1.29, 1.82) is 0 Å². The van der Waals surface area contributed by atoms with Crippen LogP contribution in [0.4, 0.5) is 0 Å². The SMILES string of the molecule is Cc1n[nH]c(C)c1[C@@H](C)CC(=O)O[C@@H](C)C(=O)NC1CC1. The molecule has 0 aromatic carbocycles. The number of rotatable bonds is 6. The van der Waals surface area contributed by atoms with Crippen LogP contribution < -0.4 is 5.32 Å². The number of nitrogens with one attached hydrogen (secondary N) is 2. The van der Waals surface area contributed by atoms with Crippen molar-refractivity contribution >= 4 is 11.9 Å². The molecule has 1 heterocycles. The highest BCUT2D eigenvalue weighted by Crippen LogP contribution is 2.25. The molecule has 0 aliphatic heterocycles. The van der Waals surface area contributed by atoms with Gasteiger partial charge in [-0.25, -0.2) is 0 Å². The third-order valence-electron chi connectivity index (χ3n) is 3.75. The Labute approximate surface area is 124 Å². The Morgan fingerprint density at radius 3 is 2.57 bits per heavy atom. The molecule has 1 aromatic heterocycles. The zero-order chi connectivity index (χ0) is 15.6. The first-order chi connectivity index (χ1) is 9.88. The van der Waals surface area contributed by atoms with E-state index in [4.69, 9.17) is 4.74 Å². The van der Waals surface area contributed by atoms with Crippen LogP contribution in [0, 0.1) is 13.8 Å². The molecule has 21 heavy (non-hydrogen) atoms. The topological polar surface area (TPSA) is 84.1 Å². The van der Waals surface area contributed by atoms with Gasteiger partial charge in [0.25, 0.3) is 5.91 Å². The van der Waals surface area contributed by atoms with E-state index in [0.717, 1.165) is 29.8 Å². The number of nitrogens with zero attached hydrogens (tertiary/aromatic N) is 1. The van der Waals surface area contributed by atoms with Gasteiger partial charge < -0.3 is 10.1 Å². The number of carbonyl (C=O) groups is 2. The maximum Gasteiger partial charge on any atom is 0.307 e. The Morgan fingerprint density at radius 1 is 1.38 bits per heavy atom. The fraction of sp³-hybridized carbons (Fsp3) is 0.667. The maximum absolute atomic E-state index is 12.0. The molecule has 6 nitrogen and oxygen atoms in total. The van der Waals surface area contributed by atoms with E-state index in [2.05, 4.69) is 15.5 Å². The summed E-state index contributed by atoms with van der Waals surface area (Å²) < 4.78 is 5.21. The van der Waals surface area contributed by atoms with Crippen molar-refractivity contribution < 1.29 is 14.3 Å². The van der Waals surface area contributed by atoms with Crippen LogP contribution in [0.3, 0.4) is 0 Å². The summed E-state index contributed by atoms with van der Waals surface area (Å²) in [5.74, 6) is -0.565. The van der Waals surface area contributed by atoms with Crippen LogP contribution in [0.15, 0.2) is 0 Å². The maximum atomic E-state index is 12.0. The first-order valence-corrected chi connectivity index (χ1v) is 7.39. The molecule has 116 valence electrons. The van der Waals surface area contributed by atoms with Gasteiger partial charge in [-0.1, -0.05) is 6.92 Å². The van der Waals surface area contributed by atoms with E-state index in [9.17, 15) is 9.59 Å². The Balaban J connectivity index is 1.84. The van der Waals surface area contributed by atoms with Crippen LogP contribution in [-0.2, 0) is 14.3 Å². The molecule has 0 unspecified atom stereocenters. The van der Waals surface area contributed by atoms with Gasteiger partial charge in [0.1, 0.15) is 0 Å². The zero-order valence-corrected chi connectivity index (χ0v) is 13.0. The van der Waals surface area contributed by atoms with Gasteiger partial charge in [0.15, 0.2) is 6.10 Å². The first kappa shape index (κ1) is 15.5. The lowest BCUT2D eigenvalue weighted by molar-refractivity contribution is -0.155. The summed E-state index contributed by atoms with van der Waals surface area (Å²) in [6.45, 7) is 7.41. The molecule has 2 rings (SSSR count). The highest BCUT2D eigenvalue weighted by molar-refractivity contribution is 5.84. The van der Waals surface area contributed by atoms with Crippen LogP contribution in [0.5, 0.6) is 0 Å². The zero-order valence-electron chi connectivity index (χ0n) is 13.0. The van der Waals surface area contributed by atoms with E-state index in [1.165, 1.54) is 0 Å². The van der Waals surface area contributed by atoms with E-state index in [-0.39, 0.29) is 30.3 Å². The lowest BCUT2D eigenvalue weighted by atomic mass is 9.96. The Kier molecular flexibility index (Phi) is 4.65. The molecule has 1 amide bonds. The van der Waals surface area contributed by atoms with Gasteiger partial charge in [-0.05, 0) is 45.1 Å². The highest BCUT2D eigenvalue weighted by atomic mass is 16.5. The number of hydrogen-bond acceptors (Lipinski definition) is 4. The first-order valence-electron chi connectivity index (χ1n) is 7.39. The standard InChI is InChI=1S/C15H23N3O3/c1-8(14-9(2)17-18-10(14)3)7-13(19)21-11(4)15(20)16-12-5-6-12/h8,11-12H,5-7H2,1-4H3,(H,16,20)(H,17,18)/t8-,11-/m0/s1. The van der Waals surface area contributed by atoms with Crippen molar-refractivity contribution in [2.75, 3.05) is 0 Å². The molecular formula is C15H23N3O3. The van der Waals surface area contributed by atoms with Crippen molar-refractivity contribution in [3.8, 4) is 0 Å². The molecule has 2 atom stereocenters. The number of esters is 1. The van der Waals surface area contributed by atoms with Gasteiger partial charge in [0.2, 0.25) is 0 Å². The largest absolute Gasteiger partial charge is 0.453 e. The number of H-pyrrole nitrogens is 1. The molecular weight excluding hydrogens is 270 g/mol. The van der Waals surface area contributed by atoms with Crippen LogP contribution in [0.1, 0.15) is 56.0 Å².